The molecule has 0 spiro atoms. The molecule has 1 aliphatic rings. The Hall–Kier alpha value is -0.390. The summed E-state index contributed by atoms with van der Waals surface area (Å²) in [6.07, 6.45) is 1.69. The first-order valence-electron chi connectivity index (χ1n) is 3.40. The fraction of sp³-hybridized carbons (Fsp3) is 0.333. The predicted molar refractivity (Wildman–Crippen MR) is 56.6 cm³/mol. The Balaban J connectivity index is 0.000000845. The summed E-state index contributed by atoms with van der Waals surface area (Å²) in [6, 6.07) is 0.492. The minimum absolute atomic E-state index is 0. The number of H-pyrrole nitrogens is 1. The van der Waals surface area contributed by atoms with Crippen molar-refractivity contribution in [1.29, 1.82) is 0 Å². The minimum Gasteiger partial charge on any atom is -0.346 e. The van der Waals surface area contributed by atoms with Gasteiger partial charge in [-0.25, -0.2) is 0 Å². The molecule has 4 nitrogen and oxygen atoms in total. The maximum atomic E-state index is 5.73. The van der Waals surface area contributed by atoms with E-state index in [2.05, 4.69) is 15.4 Å². The van der Waals surface area contributed by atoms with Gasteiger partial charge in [-0.2, -0.15) is 15.4 Å². The number of hydrogen-bond acceptors (Lipinski definition) is 4. The highest BCUT2D eigenvalue weighted by molar-refractivity contribution is 8.02. The highest BCUT2D eigenvalue weighted by Crippen LogP contribution is 2.29. The zero-order chi connectivity index (χ0) is 8.39. The molecule has 0 saturated carbocycles. The van der Waals surface area contributed by atoms with Crippen LogP contribution in [0, 0.1) is 0 Å². The summed E-state index contributed by atoms with van der Waals surface area (Å²) in [5.41, 5.74) is 1.89. The summed E-state index contributed by atoms with van der Waals surface area (Å²) in [7, 11) is 0. The van der Waals surface area contributed by atoms with E-state index in [-0.39, 0.29) is 12.4 Å². The summed E-state index contributed by atoms with van der Waals surface area (Å²) in [6.45, 7) is 0. The number of aromatic amines is 1. The Morgan fingerprint density at radius 1 is 1.69 bits per heavy atom. The molecular formula is C6H8Cl2N4S. The predicted octanol–water partition coefficient (Wildman–Crippen LogP) is 1.73. The summed E-state index contributed by atoms with van der Waals surface area (Å²) in [5, 5.41) is 12.3. The van der Waals surface area contributed by atoms with E-state index in [0.717, 1.165) is 17.3 Å². The first kappa shape index (κ1) is 10.7. The molecule has 2 rings (SSSR count). The van der Waals surface area contributed by atoms with E-state index in [0.29, 0.717) is 6.00 Å². The number of aromatic nitrogens is 3. The average molecular weight is 239 g/mol. The lowest BCUT2D eigenvalue weighted by molar-refractivity contribution is 0.548. The van der Waals surface area contributed by atoms with E-state index in [9.17, 15) is 0 Å². The van der Waals surface area contributed by atoms with Crippen LogP contribution in [0.15, 0.2) is 11.6 Å². The number of nitrogens with one attached hydrogen (secondary N) is 1. The van der Waals surface area contributed by atoms with Gasteiger partial charge >= 0.3 is 0 Å². The van der Waals surface area contributed by atoms with Crippen molar-refractivity contribution in [3.8, 4) is 0 Å². The summed E-state index contributed by atoms with van der Waals surface area (Å²) in [5.74, 6) is 0.895. The number of nitrogens with zero attached hydrogens (tertiary/aromatic N) is 3. The molecule has 13 heavy (non-hydrogen) atoms. The third-order valence-corrected chi connectivity index (χ3v) is 2.73. The second kappa shape index (κ2) is 4.74. The maximum Gasteiger partial charge on any atom is 0.129 e. The van der Waals surface area contributed by atoms with Gasteiger partial charge in [0.15, 0.2) is 0 Å². The molecule has 1 aromatic heterocycles. The Morgan fingerprint density at radius 2 is 2.54 bits per heavy atom. The lowest BCUT2D eigenvalue weighted by Gasteiger charge is -2.15. The van der Waals surface area contributed by atoms with Crippen LogP contribution in [0.1, 0.15) is 5.69 Å². The molecule has 1 aliphatic heterocycles. The van der Waals surface area contributed by atoms with Gasteiger partial charge in [-0.05, 0) is 5.41 Å². The molecule has 0 amide bonds. The van der Waals surface area contributed by atoms with Crippen molar-refractivity contribution in [2.45, 2.75) is 0 Å². The average Bonchev–Trinajstić information content (AvgIpc) is 2.74. The van der Waals surface area contributed by atoms with E-state index in [1.807, 2.05) is 10.3 Å². The van der Waals surface area contributed by atoms with Crippen molar-refractivity contribution in [2.24, 2.45) is 0 Å². The van der Waals surface area contributed by atoms with Gasteiger partial charge in [-0.1, -0.05) is 0 Å². The van der Waals surface area contributed by atoms with Gasteiger partial charge in [0.2, 0.25) is 0 Å². The van der Waals surface area contributed by atoms with Crippen molar-refractivity contribution >= 4 is 41.5 Å². The van der Waals surface area contributed by atoms with E-state index >= 15 is 0 Å². The lowest BCUT2D eigenvalue weighted by atomic mass is 10.3. The van der Waals surface area contributed by atoms with Crippen LogP contribution < -0.4 is 0 Å². The number of rotatable bonds is 2. The van der Waals surface area contributed by atoms with Crippen molar-refractivity contribution in [2.75, 3.05) is 11.9 Å². The van der Waals surface area contributed by atoms with Gasteiger partial charge in [0.25, 0.3) is 0 Å². The van der Waals surface area contributed by atoms with Gasteiger partial charge in [0.1, 0.15) is 5.69 Å². The SMILES string of the molecule is Cl.ClCN1CSC=C1c1cn[nH]n1. The molecule has 72 valence electrons. The third-order valence-electron chi connectivity index (χ3n) is 1.59. The molecule has 7 heteroatoms. The standard InChI is InChI=1S/C6H7ClN4S.ClH/c7-3-11-4-12-2-6(11)5-1-8-10-9-5;/h1-2H,3-4H2,(H,8,9,10);1H. The largest absolute Gasteiger partial charge is 0.346 e. The zero-order valence-electron chi connectivity index (χ0n) is 6.61. The second-order valence-electron chi connectivity index (χ2n) is 2.31. The van der Waals surface area contributed by atoms with Crippen molar-refractivity contribution < 1.29 is 0 Å². The Bertz CT molecular complexity index is 287. The quantitative estimate of drug-likeness (QED) is 0.630. The summed E-state index contributed by atoms with van der Waals surface area (Å²) < 4.78 is 0. The van der Waals surface area contributed by atoms with Crippen molar-refractivity contribution in [1.82, 2.24) is 20.3 Å². The molecule has 1 aromatic rings. The number of hydrogen-bond donors (Lipinski definition) is 1. The molecule has 0 saturated heterocycles. The second-order valence-corrected chi connectivity index (χ2v) is 3.38. The molecular weight excluding hydrogens is 231 g/mol. The van der Waals surface area contributed by atoms with Crippen LogP contribution in [-0.4, -0.2) is 32.2 Å². The van der Waals surface area contributed by atoms with Crippen LogP contribution >= 0.6 is 35.8 Å². The minimum atomic E-state index is 0. The van der Waals surface area contributed by atoms with E-state index in [1.165, 1.54) is 0 Å². The maximum absolute atomic E-state index is 5.73. The number of thioether (sulfide) groups is 1. The highest BCUT2D eigenvalue weighted by atomic mass is 35.5. The molecule has 0 atom stereocenters. The topological polar surface area (TPSA) is 44.8 Å². The molecule has 1 N–H and O–H groups in total. The monoisotopic (exact) mass is 238 g/mol. The van der Waals surface area contributed by atoms with Gasteiger partial charge in [-0.3, -0.25) is 0 Å². The smallest absolute Gasteiger partial charge is 0.129 e. The summed E-state index contributed by atoms with van der Waals surface area (Å²) >= 11 is 7.44. The van der Waals surface area contributed by atoms with Crippen LogP contribution in [0.25, 0.3) is 5.70 Å². The van der Waals surface area contributed by atoms with Gasteiger partial charge in [0, 0.05) is 0 Å². The van der Waals surface area contributed by atoms with Crippen LogP contribution in [0.3, 0.4) is 0 Å². The van der Waals surface area contributed by atoms with Crippen LogP contribution in [0.4, 0.5) is 0 Å². The van der Waals surface area contributed by atoms with Gasteiger partial charge < -0.3 is 4.90 Å². The molecule has 2 heterocycles. The molecule has 0 aromatic carbocycles. The van der Waals surface area contributed by atoms with Crippen LogP contribution in [0.5, 0.6) is 0 Å². The van der Waals surface area contributed by atoms with E-state index in [4.69, 9.17) is 11.6 Å². The summed E-state index contributed by atoms with van der Waals surface area (Å²) in [4.78, 5) is 2.03. The molecule has 0 fully saturated rings. The van der Waals surface area contributed by atoms with E-state index < -0.39 is 0 Å². The lowest BCUT2D eigenvalue weighted by Crippen LogP contribution is -2.15. The van der Waals surface area contributed by atoms with E-state index in [1.54, 1.807) is 18.0 Å². The fourth-order valence-corrected chi connectivity index (χ4v) is 2.22. The molecule has 0 aliphatic carbocycles. The molecule has 0 unspecified atom stereocenters. The van der Waals surface area contributed by atoms with Crippen LogP contribution in [0.2, 0.25) is 0 Å². The molecule has 0 bridgehead atoms. The normalized spacial score (nSPS) is 15.5. The van der Waals surface area contributed by atoms with Crippen LogP contribution in [-0.2, 0) is 0 Å². The Kier molecular flexibility index (Phi) is 3.90. The first-order valence-corrected chi connectivity index (χ1v) is 4.99. The third kappa shape index (κ3) is 2.10. The number of alkyl halides is 1. The first-order chi connectivity index (χ1) is 5.92. The Morgan fingerprint density at radius 3 is 3.15 bits per heavy atom. The van der Waals surface area contributed by atoms with Gasteiger partial charge in [-0.15, -0.1) is 35.8 Å². The number of halogens is 2. The highest BCUT2D eigenvalue weighted by Gasteiger charge is 2.17. The van der Waals surface area contributed by atoms with Crippen molar-refractivity contribution in [3.63, 3.8) is 0 Å². The Labute approximate surface area is 91.1 Å². The zero-order valence-corrected chi connectivity index (χ0v) is 8.99. The van der Waals surface area contributed by atoms with Crippen molar-refractivity contribution in [3.05, 3.63) is 17.3 Å². The fourth-order valence-electron chi connectivity index (χ4n) is 0.997. The molecule has 0 radical (unpaired) electrons. The van der Waals surface area contributed by atoms with Gasteiger partial charge in [0.05, 0.1) is 23.8 Å².